The highest BCUT2D eigenvalue weighted by Crippen LogP contribution is 2.54. The normalized spacial score (nSPS) is 24.8. The molecule has 132 valence electrons. The second kappa shape index (κ2) is 5.96. The predicted octanol–water partition coefficient (Wildman–Crippen LogP) is 2.50. The lowest BCUT2D eigenvalue weighted by atomic mass is 9.63. The Kier molecular flexibility index (Phi) is 4.67. The van der Waals surface area contributed by atoms with Crippen LogP contribution < -0.4 is 5.32 Å². The Morgan fingerprint density at radius 3 is 2.26 bits per heavy atom. The second-order valence-corrected chi connectivity index (χ2v) is 7.19. The molecule has 0 radical (unpaired) electrons. The summed E-state index contributed by atoms with van der Waals surface area (Å²) in [5.41, 5.74) is -3.08. The number of carbonyl (C=O) groups excluding carboxylic acids is 2. The summed E-state index contributed by atoms with van der Waals surface area (Å²) in [5, 5.41) is 2.90. The van der Waals surface area contributed by atoms with Crippen molar-refractivity contribution in [1.29, 1.82) is 0 Å². The zero-order valence-corrected chi connectivity index (χ0v) is 13.6. The minimum atomic E-state index is -4.58. The van der Waals surface area contributed by atoms with Crippen LogP contribution in [0.15, 0.2) is 0 Å². The first-order valence-electron chi connectivity index (χ1n) is 7.79. The quantitative estimate of drug-likeness (QED) is 0.842. The Morgan fingerprint density at radius 1 is 1.22 bits per heavy atom. The van der Waals surface area contributed by atoms with E-state index in [0.717, 1.165) is 4.90 Å². The van der Waals surface area contributed by atoms with E-state index in [-0.39, 0.29) is 25.9 Å². The minimum Gasteiger partial charge on any atom is -0.444 e. The van der Waals surface area contributed by atoms with Crippen LogP contribution in [0, 0.1) is 5.41 Å². The van der Waals surface area contributed by atoms with Gasteiger partial charge in [-0.3, -0.25) is 9.69 Å². The number of alkyl halides is 3. The fraction of sp³-hybridized carbons (Fsp3) is 0.867. The van der Waals surface area contributed by atoms with E-state index in [1.165, 1.54) is 0 Å². The second-order valence-electron chi connectivity index (χ2n) is 7.19. The van der Waals surface area contributed by atoms with Gasteiger partial charge in [0.05, 0.1) is 0 Å². The van der Waals surface area contributed by atoms with Gasteiger partial charge in [-0.2, -0.15) is 13.2 Å². The Bertz CT molecular complexity index is 481. The maximum atomic E-state index is 13.4. The van der Waals surface area contributed by atoms with Crippen LogP contribution in [0.5, 0.6) is 0 Å². The molecule has 0 aromatic rings. The van der Waals surface area contributed by atoms with Crippen LogP contribution in [0.3, 0.4) is 0 Å². The zero-order valence-electron chi connectivity index (χ0n) is 13.6. The number of halogens is 3. The van der Waals surface area contributed by atoms with Gasteiger partial charge < -0.3 is 10.1 Å². The highest BCUT2D eigenvalue weighted by atomic mass is 19.4. The van der Waals surface area contributed by atoms with Crippen molar-refractivity contribution in [2.75, 3.05) is 19.6 Å². The van der Waals surface area contributed by atoms with Gasteiger partial charge >= 0.3 is 12.3 Å². The topological polar surface area (TPSA) is 58.6 Å². The lowest BCUT2D eigenvalue weighted by Crippen LogP contribution is -2.64. The van der Waals surface area contributed by atoms with Gasteiger partial charge in [0.25, 0.3) is 0 Å². The third-order valence-electron chi connectivity index (χ3n) is 4.40. The summed E-state index contributed by atoms with van der Waals surface area (Å²) in [6, 6.07) is -1.14. The number of ether oxygens (including phenoxy) is 1. The lowest BCUT2D eigenvalue weighted by molar-refractivity contribution is -0.244. The van der Waals surface area contributed by atoms with Crippen molar-refractivity contribution < 1.29 is 27.5 Å². The zero-order chi connectivity index (χ0) is 17.5. The molecule has 1 aliphatic heterocycles. The van der Waals surface area contributed by atoms with Crippen LogP contribution in [0.4, 0.5) is 18.0 Å². The molecule has 1 saturated heterocycles. The average Bonchev–Trinajstić information content (AvgIpc) is 2.33. The van der Waals surface area contributed by atoms with Crippen molar-refractivity contribution in [2.24, 2.45) is 5.41 Å². The summed E-state index contributed by atoms with van der Waals surface area (Å²) in [7, 11) is 0. The van der Waals surface area contributed by atoms with Crippen LogP contribution >= 0.6 is 0 Å². The predicted molar refractivity (Wildman–Crippen MR) is 76.9 cm³/mol. The van der Waals surface area contributed by atoms with Crippen molar-refractivity contribution >= 4 is 11.9 Å². The van der Waals surface area contributed by atoms with Crippen LogP contribution in [0.2, 0.25) is 0 Å². The summed E-state index contributed by atoms with van der Waals surface area (Å²) in [6.07, 6.45) is -5.35. The standard InChI is InChI=1S/C15H23F3N2O3/c1-13(2,3)23-12(22)20-8-7-19-9-10(20)11(21)14(5-4-6-14)15(16,17)18/h10,19H,4-9H2,1-3H3. The molecule has 0 aromatic heterocycles. The highest BCUT2D eigenvalue weighted by molar-refractivity contribution is 5.94. The molecule has 2 rings (SSSR count). The monoisotopic (exact) mass is 336 g/mol. The van der Waals surface area contributed by atoms with Gasteiger partial charge in [-0.1, -0.05) is 6.42 Å². The molecule has 0 bridgehead atoms. The molecule has 1 saturated carbocycles. The number of hydrogen-bond donors (Lipinski definition) is 1. The number of amides is 1. The first kappa shape index (κ1) is 18.0. The maximum Gasteiger partial charge on any atom is 0.410 e. The van der Waals surface area contributed by atoms with Crippen molar-refractivity contribution in [3.05, 3.63) is 0 Å². The minimum absolute atomic E-state index is 0.0237. The number of nitrogens with zero attached hydrogens (tertiary/aromatic N) is 1. The molecule has 23 heavy (non-hydrogen) atoms. The first-order chi connectivity index (χ1) is 10.5. The van der Waals surface area contributed by atoms with Gasteiger partial charge in [-0.15, -0.1) is 0 Å². The molecule has 0 spiro atoms. The maximum absolute atomic E-state index is 13.4. The van der Waals surface area contributed by atoms with Gasteiger partial charge in [0.1, 0.15) is 17.1 Å². The Labute approximate surface area is 133 Å². The van der Waals surface area contributed by atoms with Crippen molar-refractivity contribution in [3.8, 4) is 0 Å². The van der Waals surface area contributed by atoms with Crippen molar-refractivity contribution in [1.82, 2.24) is 10.2 Å². The van der Waals surface area contributed by atoms with Crippen molar-refractivity contribution in [2.45, 2.75) is 57.9 Å². The first-order valence-corrected chi connectivity index (χ1v) is 7.79. The molecule has 1 amide bonds. The van der Waals surface area contributed by atoms with Crippen LogP contribution in [0.1, 0.15) is 40.0 Å². The molecule has 2 aliphatic rings. The smallest absolute Gasteiger partial charge is 0.410 e. The Balaban J connectivity index is 2.21. The summed E-state index contributed by atoms with van der Waals surface area (Å²) in [5.74, 6) is -0.922. The third-order valence-corrected chi connectivity index (χ3v) is 4.40. The van der Waals surface area contributed by atoms with Crippen LogP contribution in [-0.4, -0.2) is 54.2 Å². The average molecular weight is 336 g/mol. The molecular formula is C15H23F3N2O3. The van der Waals surface area contributed by atoms with Gasteiger partial charge in [0.2, 0.25) is 0 Å². The van der Waals surface area contributed by atoms with E-state index in [4.69, 9.17) is 4.74 Å². The molecule has 1 N–H and O–H groups in total. The molecular weight excluding hydrogens is 313 g/mol. The van der Waals surface area contributed by atoms with Crippen LogP contribution in [0.25, 0.3) is 0 Å². The third kappa shape index (κ3) is 3.46. The van der Waals surface area contributed by atoms with Gasteiger partial charge in [-0.25, -0.2) is 4.79 Å². The number of rotatable bonds is 2. The van der Waals surface area contributed by atoms with E-state index in [2.05, 4.69) is 5.32 Å². The highest BCUT2D eigenvalue weighted by Gasteiger charge is 2.65. The molecule has 0 aromatic carbocycles. The number of nitrogens with one attached hydrogen (secondary N) is 1. The van der Waals surface area contributed by atoms with E-state index in [9.17, 15) is 22.8 Å². The number of carbonyl (C=O) groups is 2. The molecule has 1 unspecified atom stereocenters. The fourth-order valence-electron chi connectivity index (χ4n) is 3.00. The summed E-state index contributed by atoms with van der Waals surface area (Å²) in [4.78, 5) is 26.0. The molecule has 2 fully saturated rings. The number of piperazine rings is 1. The van der Waals surface area contributed by atoms with Crippen LogP contribution in [-0.2, 0) is 9.53 Å². The molecule has 1 aliphatic carbocycles. The van der Waals surface area contributed by atoms with Gasteiger partial charge in [0.15, 0.2) is 5.78 Å². The SMILES string of the molecule is CC(C)(C)OC(=O)N1CCNCC1C(=O)C1(C(F)(F)F)CCC1. The number of hydrogen-bond acceptors (Lipinski definition) is 4. The number of Topliss-reactive ketones (excluding diaryl/α,β-unsaturated/α-hetero) is 1. The van der Waals surface area contributed by atoms with E-state index in [1.807, 2.05) is 0 Å². The lowest BCUT2D eigenvalue weighted by Gasteiger charge is -2.46. The van der Waals surface area contributed by atoms with E-state index >= 15 is 0 Å². The summed E-state index contributed by atoms with van der Waals surface area (Å²) >= 11 is 0. The largest absolute Gasteiger partial charge is 0.444 e. The molecule has 5 nitrogen and oxygen atoms in total. The summed E-state index contributed by atoms with van der Waals surface area (Å²) in [6.45, 7) is 5.62. The fourth-order valence-corrected chi connectivity index (χ4v) is 3.00. The molecule has 1 heterocycles. The molecule has 1 atom stereocenters. The molecule has 8 heteroatoms. The Morgan fingerprint density at radius 2 is 1.83 bits per heavy atom. The van der Waals surface area contributed by atoms with Gasteiger partial charge in [0, 0.05) is 19.6 Å². The number of ketones is 1. The van der Waals surface area contributed by atoms with E-state index < -0.39 is 35.1 Å². The Hall–Kier alpha value is -1.31. The van der Waals surface area contributed by atoms with E-state index in [0.29, 0.717) is 13.0 Å². The van der Waals surface area contributed by atoms with Crippen molar-refractivity contribution in [3.63, 3.8) is 0 Å². The summed E-state index contributed by atoms with van der Waals surface area (Å²) < 4.78 is 45.4. The van der Waals surface area contributed by atoms with Gasteiger partial charge in [-0.05, 0) is 33.6 Å². The van der Waals surface area contributed by atoms with E-state index in [1.54, 1.807) is 20.8 Å².